The van der Waals surface area contributed by atoms with Crippen molar-refractivity contribution in [2.45, 2.75) is 31.8 Å². The zero-order valence-corrected chi connectivity index (χ0v) is 15.0. The van der Waals surface area contributed by atoms with E-state index in [0.29, 0.717) is 11.7 Å². The van der Waals surface area contributed by atoms with E-state index in [9.17, 15) is 4.79 Å². The topological polar surface area (TPSA) is 89.7 Å². The monoisotopic (exact) mass is 353 g/mol. The molecule has 1 unspecified atom stereocenters. The van der Waals surface area contributed by atoms with Crippen LogP contribution in [0.3, 0.4) is 0 Å². The molecule has 3 heterocycles. The molecule has 3 aromatic rings. The highest BCUT2D eigenvalue weighted by atomic mass is 16.2. The molecule has 8 nitrogen and oxygen atoms in total. The molecule has 2 N–H and O–H groups in total. The summed E-state index contributed by atoms with van der Waals surface area (Å²) in [7, 11) is 1.96. The second kappa shape index (κ2) is 6.87. The molecule has 0 bridgehead atoms. The fourth-order valence-corrected chi connectivity index (χ4v) is 3.52. The summed E-state index contributed by atoms with van der Waals surface area (Å²) in [5, 5.41) is 14.5. The minimum absolute atomic E-state index is 0.232. The van der Waals surface area contributed by atoms with Gasteiger partial charge in [-0.25, -0.2) is 9.67 Å². The number of rotatable bonds is 4. The van der Waals surface area contributed by atoms with Gasteiger partial charge in [0.2, 0.25) is 0 Å². The Morgan fingerprint density at radius 1 is 1.31 bits per heavy atom. The van der Waals surface area contributed by atoms with Gasteiger partial charge in [0.15, 0.2) is 5.69 Å². The predicted octanol–water partition coefficient (Wildman–Crippen LogP) is 1.58. The molecule has 1 amide bonds. The normalized spacial score (nSPS) is 16.7. The molecule has 2 aromatic heterocycles. The van der Waals surface area contributed by atoms with Gasteiger partial charge < -0.3 is 15.2 Å². The van der Waals surface area contributed by atoms with E-state index in [1.807, 2.05) is 47.5 Å². The number of amides is 1. The Morgan fingerprint density at radius 3 is 2.85 bits per heavy atom. The Hall–Kier alpha value is -2.74. The van der Waals surface area contributed by atoms with E-state index in [-0.39, 0.29) is 11.9 Å². The largest absolute Gasteiger partial charge is 0.341 e. The van der Waals surface area contributed by atoms with Crippen LogP contribution in [0.1, 0.15) is 48.2 Å². The molecule has 1 saturated heterocycles. The second-order valence-electron chi connectivity index (χ2n) is 6.78. The molecule has 1 atom stereocenters. The van der Waals surface area contributed by atoms with Crippen LogP contribution in [-0.4, -0.2) is 43.5 Å². The Kier molecular flexibility index (Phi) is 4.42. The number of nitrogens with one attached hydrogen (secondary N) is 2. The van der Waals surface area contributed by atoms with Crippen LogP contribution in [0.5, 0.6) is 0 Å². The summed E-state index contributed by atoms with van der Waals surface area (Å²) in [5.41, 5.74) is 2.30. The van der Waals surface area contributed by atoms with Crippen molar-refractivity contribution in [2.24, 2.45) is 7.05 Å². The van der Waals surface area contributed by atoms with E-state index >= 15 is 0 Å². The number of hydrogen-bond donors (Lipinski definition) is 2. The first kappa shape index (κ1) is 16.7. The smallest absolute Gasteiger partial charge is 0.274 e. The highest BCUT2D eigenvalue weighted by Crippen LogP contribution is 2.20. The molecule has 1 aliphatic heterocycles. The number of carbonyl (C=O) groups is 1. The van der Waals surface area contributed by atoms with E-state index in [1.54, 1.807) is 6.20 Å². The lowest BCUT2D eigenvalue weighted by Crippen LogP contribution is -2.30. The average Bonchev–Trinajstić information content (AvgIpc) is 3.28. The molecular formula is C18H23N7O. The maximum absolute atomic E-state index is 12.6. The summed E-state index contributed by atoms with van der Waals surface area (Å²) in [6.45, 7) is 3.86. The zero-order chi connectivity index (χ0) is 18.1. The van der Waals surface area contributed by atoms with Crippen LogP contribution >= 0.6 is 0 Å². The summed E-state index contributed by atoms with van der Waals surface area (Å²) in [5.74, 6) is 0.579. The maximum Gasteiger partial charge on any atom is 0.274 e. The van der Waals surface area contributed by atoms with Crippen LogP contribution < -0.4 is 10.6 Å². The van der Waals surface area contributed by atoms with Crippen LogP contribution in [0.15, 0.2) is 30.5 Å². The third kappa shape index (κ3) is 3.08. The third-order valence-electron chi connectivity index (χ3n) is 4.98. The van der Waals surface area contributed by atoms with Crippen molar-refractivity contribution in [1.29, 1.82) is 0 Å². The van der Waals surface area contributed by atoms with Gasteiger partial charge in [0.25, 0.3) is 5.91 Å². The van der Waals surface area contributed by atoms with Crippen molar-refractivity contribution in [3.63, 3.8) is 0 Å². The van der Waals surface area contributed by atoms with Crippen molar-refractivity contribution in [2.75, 3.05) is 13.1 Å². The summed E-state index contributed by atoms with van der Waals surface area (Å²) in [4.78, 5) is 17.2. The summed E-state index contributed by atoms with van der Waals surface area (Å²) < 4.78 is 3.82. The number of nitrogens with zero attached hydrogens (tertiary/aromatic N) is 5. The van der Waals surface area contributed by atoms with Crippen LogP contribution in [0.2, 0.25) is 0 Å². The lowest BCUT2D eigenvalue weighted by atomic mass is 10.1. The molecule has 0 aliphatic carbocycles. The van der Waals surface area contributed by atoms with Gasteiger partial charge >= 0.3 is 0 Å². The van der Waals surface area contributed by atoms with Gasteiger partial charge in [-0.1, -0.05) is 17.3 Å². The van der Waals surface area contributed by atoms with Gasteiger partial charge in [0.05, 0.1) is 29.3 Å². The Labute approximate surface area is 151 Å². The molecule has 1 fully saturated rings. The second-order valence-corrected chi connectivity index (χ2v) is 6.78. The highest BCUT2D eigenvalue weighted by Gasteiger charge is 2.21. The lowest BCUT2D eigenvalue weighted by molar-refractivity contribution is 0.0932. The van der Waals surface area contributed by atoms with Gasteiger partial charge in [0, 0.05) is 7.05 Å². The summed E-state index contributed by atoms with van der Waals surface area (Å²) in [6, 6.07) is 8.01. The molecule has 8 heteroatoms. The number of para-hydroxylation sites is 2. The van der Waals surface area contributed by atoms with Crippen molar-refractivity contribution >= 4 is 16.9 Å². The Balaban J connectivity index is 1.48. The quantitative estimate of drug-likeness (QED) is 0.743. The molecule has 0 radical (unpaired) electrons. The third-order valence-corrected chi connectivity index (χ3v) is 4.98. The van der Waals surface area contributed by atoms with Gasteiger partial charge in [-0.3, -0.25) is 4.79 Å². The van der Waals surface area contributed by atoms with Gasteiger partial charge in [-0.2, -0.15) is 0 Å². The first-order chi connectivity index (χ1) is 12.6. The molecule has 4 rings (SSSR count). The van der Waals surface area contributed by atoms with Crippen molar-refractivity contribution in [1.82, 2.24) is 35.2 Å². The highest BCUT2D eigenvalue weighted by molar-refractivity contribution is 5.92. The molecule has 0 saturated carbocycles. The van der Waals surface area contributed by atoms with Gasteiger partial charge in [0.1, 0.15) is 5.82 Å². The number of hydrogen-bond acceptors (Lipinski definition) is 5. The van der Waals surface area contributed by atoms with Crippen LogP contribution in [0, 0.1) is 0 Å². The molecule has 1 aliphatic rings. The summed E-state index contributed by atoms with van der Waals surface area (Å²) in [6.07, 6.45) is 3.74. The van der Waals surface area contributed by atoms with E-state index in [1.165, 1.54) is 0 Å². The molecule has 26 heavy (non-hydrogen) atoms. The first-order valence-electron chi connectivity index (χ1n) is 8.98. The SMILES string of the molecule is CC(NC(=O)c1cn(C2CCNCC2)nn1)c1nc2ccccc2n1C. The predicted molar refractivity (Wildman–Crippen MR) is 97.8 cm³/mol. The lowest BCUT2D eigenvalue weighted by Gasteiger charge is -2.22. The standard InChI is InChI=1S/C18H23N7O/c1-12(17-21-14-5-3-4-6-16(14)24(17)2)20-18(26)15-11-25(23-22-15)13-7-9-19-10-8-13/h3-6,11-13,19H,7-10H2,1-2H3,(H,20,26). The van der Waals surface area contributed by atoms with Crippen molar-refractivity contribution in [3.8, 4) is 0 Å². The minimum Gasteiger partial charge on any atom is -0.341 e. The number of aromatic nitrogens is 5. The molecule has 1 aromatic carbocycles. The molecule has 0 spiro atoms. The van der Waals surface area contributed by atoms with Crippen LogP contribution in [0.25, 0.3) is 11.0 Å². The number of carbonyl (C=O) groups excluding carboxylic acids is 1. The zero-order valence-electron chi connectivity index (χ0n) is 15.0. The van der Waals surface area contributed by atoms with E-state index in [0.717, 1.165) is 42.8 Å². The van der Waals surface area contributed by atoms with Gasteiger partial charge in [-0.05, 0) is 45.0 Å². The van der Waals surface area contributed by atoms with E-state index in [2.05, 4.69) is 25.9 Å². The van der Waals surface area contributed by atoms with Crippen LogP contribution in [0.4, 0.5) is 0 Å². The first-order valence-corrected chi connectivity index (χ1v) is 8.98. The Morgan fingerprint density at radius 2 is 2.08 bits per heavy atom. The minimum atomic E-state index is -0.232. The van der Waals surface area contributed by atoms with Crippen molar-refractivity contribution in [3.05, 3.63) is 42.0 Å². The number of aryl methyl sites for hydroxylation is 1. The maximum atomic E-state index is 12.6. The molecular weight excluding hydrogens is 330 g/mol. The number of fused-ring (bicyclic) bond motifs is 1. The average molecular weight is 353 g/mol. The van der Waals surface area contributed by atoms with E-state index in [4.69, 9.17) is 0 Å². The van der Waals surface area contributed by atoms with Crippen LogP contribution in [-0.2, 0) is 7.05 Å². The van der Waals surface area contributed by atoms with Crippen molar-refractivity contribution < 1.29 is 4.79 Å². The summed E-state index contributed by atoms with van der Waals surface area (Å²) >= 11 is 0. The van der Waals surface area contributed by atoms with E-state index < -0.39 is 0 Å². The number of piperidine rings is 1. The fourth-order valence-electron chi connectivity index (χ4n) is 3.52. The molecule has 136 valence electrons. The number of imidazole rings is 1. The Bertz CT molecular complexity index is 923. The number of benzene rings is 1. The van der Waals surface area contributed by atoms with Gasteiger partial charge in [-0.15, -0.1) is 5.10 Å². The fraction of sp³-hybridized carbons (Fsp3) is 0.444.